The molecule has 0 radical (unpaired) electrons. The SMILES string of the molecule is O=C(COC1=CCCCC1)N/N=C/c1ccccc1Cl. The maximum atomic E-state index is 11.6. The molecule has 0 unspecified atom stereocenters. The Hall–Kier alpha value is -1.81. The molecule has 4 nitrogen and oxygen atoms in total. The summed E-state index contributed by atoms with van der Waals surface area (Å²) in [7, 11) is 0. The van der Waals surface area contributed by atoms with Crippen LogP contribution in [0.15, 0.2) is 41.2 Å². The van der Waals surface area contributed by atoms with Gasteiger partial charge in [0.1, 0.15) is 0 Å². The molecule has 1 amide bonds. The number of carbonyl (C=O) groups is 1. The van der Waals surface area contributed by atoms with Crippen LogP contribution >= 0.6 is 11.6 Å². The fourth-order valence-corrected chi connectivity index (χ4v) is 2.07. The molecule has 0 bridgehead atoms. The number of nitrogens with one attached hydrogen (secondary N) is 1. The van der Waals surface area contributed by atoms with E-state index in [1.165, 1.54) is 12.6 Å². The topological polar surface area (TPSA) is 50.7 Å². The molecule has 5 heteroatoms. The van der Waals surface area contributed by atoms with Gasteiger partial charge in [-0.3, -0.25) is 4.79 Å². The minimum atomic E-state index is -0.278. The van der Waals surface area contributed by atoms with E-state index < -0.39 is 0 Å². The van der Waals surface area contributed by atoms with Crippen LogP contribution in [0.5, 0.6) is 0 Å². The van der Waals surface area contributed by atoms with Gasteiger partial charge in [-0.1, -0.05) is 29.8 Å². The zero-order chi connectivity index (χ0) is 14.2. The molecule has 106 valence electrons. The van der Waals surface area contributed by atoms with Crippen LogP contribution in [0, 0.1) is 0 Å². The molecule has 20 heavy (non-hydrogen) atoms. The van der Waals surface area contributed by atoms with Gasteiger partial charge in [0.25, 0.3) is 5.91 Å². The third-order valence-electron chi connectivity index (χ3n) is 2.94. The first-order chi connectivity index (χ1) is 9.75. The Kier molecular flexibility index (Phi) is 5.62. The first kappa shape index (κ1) is 14.6. The predicted molar refractivity (Wildman–Crippen MR) is 79.7 cm³/mol. The van der Waals surface area contributed by atoms with Crippen molar-refractivity contribution in [3.63, 3.8) is 0 Å². The summed E-state index contributed by atoms with van der Waals surface area (Å²) < 4.78 is 5.42. The van der Waals surface area contributed by atoms with E-state index in [-0.39, 0.29) is 12.5 Å². The van der Waals surface area contributed by atoms with E-state index >= 15 is 0 Å². The molecule has 0 saturated carbocycles. The van der Waals surface area contributed by atoms with E-state index in [0.29, 0.717) is 5.02 Å². The highest BCUT2D eigenvalue weighted by Crippen LogP contribution is 2.17. The van der Waals surface area contributed by atoms with Gasteiger partial charge in [-0.15, -0.1) is 0 Å². The number of halogens is 1. The molecule has 0 fully saturated rings. The maximum Gasteiger partial charge on any atom is 0.277 e. The van der Waals surface area contributed by atoms with Crippen LogP contribution in [0.4, 0.5) is 0 Å². The molecule has 1 aromatic rings. The smallest absolute Gasteiger partial charge is 0.277 e. The third-order valence-corrected chi connectivity index (χ3v) is 3.28. The normalized spacial score (nSPS) is 14.9. The molecule has 0 saturated heterocycles. The van der Waals surface area contributed by atoms with Crippen molar-refractivity contribution in [3.8, 4) is 0 Å². The summed E-state index contributed by atoms with van der Waals surface area (Å²) in [5.74, 6) is 0.626. The fraction of sp³-hybridized carbons (Fsp3) is 0.333. The average molecular weight is 293 g/mol. The van der Waals surface area contributed by atoms with Gasteiger partial charge in [0, 0.05) is 17.0 Å². The van der Waals surface area contributed by atoms with E-state index in [4.69, 9.17) is 16.3 Å². The van der Waals surface area contributed by atoms with Crippen molar-refractivity contribution in [2.45, 2.75) is 25.7 Å². The molecule has 1 aliphatic carbocycles. The quantitative estimate of drug-likeness (QED) is 0.669. The van der Waals surface area contributed by atoms with Gasteiger partial charge >= 0.3 is 0 Å². The maximum absolute atomic E-state index is 11.6. The Bertz CT molecular complexity index is 526. The second kappa shape index (κ2) is 7.70. The molecule has 0 heterocycles. The van der Waals surface area contributed by atoms with Crippen LogP contribution in [0.25, 0.3) is 0 Å². The first-order valence-electron chi connectivity index (χ1n) is 6.64. The largest absolute Gasteiger partial charge is 0.488 e. The van der Waals surface area contributed by atoms with Gasteiger partial charge in [0.2, 0.25) is 0 Å². The summed E-state index contributed by atoms with van der Waals surface area (Å²) in [5, 5.41) is 4.45. The Labute approximate surface area is 123 Å². The van der Waals surface area contributed by atoms with Gasteiger partial charge in [-0.05, 0) is 31.4 Å². The van der Waals surface area contributed by atoms with Gasteiger partial charge in [-0.2, -0.15) is 5.10 Å². The number of rotatable bonds is 5. The van der Waals surface area contributed by atoms with E-state index in [1.54, 1.807) is 6.07 Å². The van der Waals surface area contributed by atoms with E-state index in [0.717, 1.165) is 30.6 Å². The monoisotopic (exact) mass is 292 g/mol. The lowest BCUT2D eigenvalue weighted by Crippen LogP contribution is -2.23. The number of benzene rings is 1. The summed E-state index contributed by atoms with van der Waals surface area (Å²) in [6, 6.07) is 7.28. The zero-order valence-electron chi connectivity index (χ0n) is 11.1. The molecule has 2 rings (SSSR count). The number of hydrogen-bond donors (Lipinski definition) is 1. The number of nitrogens with zero attached hydrogens (tertiary/aromatic N) is 1. The van der Waals surface area contributed by atoms with Crippen molar-refractivity contribution >= 4 is 23.7 Å². The Morgan fingerprint density at radius 3 is 3.00 bits per heavy atom. The Balaban J connectivity index is 1.75. The third kappa shape index (κ3) is 4.70. The van der Waals surface area contributed by atoms with E-state index in [2.05, 4.69) is 10.5 Å². The average Bonchev–Trinajstić information content (AvgIpc) is 2.48. The Morgan fingerprint density at radius 1 is 1.40 bits per heavy atom. The van der Waals surface area contributed by atoms with Crippen molar-refractivity contribution < 1.29 is 9.53 Å². The highest BCUT2D eigenvalue weighted by Gasteiger charge is 2.07. The molecule has 0 aromatic heterocycles. The van der Waals surface area contributed by atoms with Crippen LogP contribution in [-0.2, 0) is 9.53 Å². The molecular weight excluding hydrogens is 276 g/mol. The molecule has 0 spiro atoms. The summed E-state index contributed by atoms with van der Waals surface area (Å²) in [6.07, 6.45) is 7.82. The molecule has 1 aromatic carbocycles. The second-order valence-corrected chi connectivity index (χ2v) is 4.93. The second-order valence-electron chi connectivity index (χ2n) is 4.52. The summed E-state index contributed by atoms with van der Waals surface area (Å²) in [6.45, 7) is -0.00824. The summed E-state index contributed by atoms with van der Waals surface area (Å²) in [5.41, 5.74) is 3.17. The summed E-state index contributed by atoms with van der Waals surface area (Å²) in [4.78, 5) is 11.6. The van der Waals surface area contributed by atoms with Gasteiger partial charge in [0.15, 0.2) is 6.61 Å². The molecule has 0 aliphatic heterocycles. The molecule has 1 aliphatic rings. The number of hydrogen-bond acceptors (Lipinski definition) is 3. The minimum Gasteiger partial charge on any atom is -0.488 e. The van der Waals surface area contributed by atoms with Gasteiger partial charge in [0.05, 0.1) is 12.0 Å². The molecule has 0 atom stereocenters. The van der Waals surface area contributed by atoms with Crippen molar-refractivity contribution in [2.75, 3.05) is 6.61 Å². The van der Waals surface area contributed by atoms with E-state index in [9.17, 15) is 4.79 Å². The highest BCUT2D eigenvalue weighted by atomic mass is 35.5. The minimum absolute atomic E-state index is 0.00824. The van der Waals surface area contributed by atoms with E-state index in [1.807, 2.05) is 24.3 Å². The van der Waals surface area contributed by atoms with Crippen LogP contribution in [0.2, 0.25) is 5.02 Å². The van der Waals surface area contributed by atoms with Gasteiger partial charge < -0.3 is 4.74 Å². The lowest BCUT2D eigenvalue weighted by Gasteiger charge is -2.13. The van der Waals surface area contributed by atoms with Crippen LogP contribution in [0.1, 0.15) is 31.2 Å². The number of hydrazone groups is 1. The number of carbonyl (C=O) groups excluding carboxylic acids is 1. The zero-order valence-corrected chi connectivity index (χ0v) is 11.9. The van der Waals surface area contributed by atoms with Crippen molar-refractivity contribution in [2.24, 2.45) is 5.10 Å². The Morgan fingerprint density at radius 2 is 2.25 bits per heavy atom. The predicted octanol–water partition coefficient (Wildman–Crippen LogP) is 3.26. The first-order valence-corrected chi connectivity index (χ1v) is 7.02. The fourth-order valence-electron chi connectivity index (χ4n) is 1.88. The van der Waals surface area contributed by atoms with Crippen molar-refractivity contribution in [3.05, 3.63) is 46.7 Å². The van der Waals surface area contributed by atoms with Crippen LogP contribution in [-0.4, -0.2) is 18.7 Å². The molecular formula is C15H17ClN2O2. The number of allylic oxidation sites excluding steroid dienone is 2. The van der Waals surface area contributed by atoms with Crippen molar-refractivity contribution in [1.29, 1.82) is 0 Å². The lowest BCUT2D eigenvalue weighted by molar-refractivity contribution is -0.124. The highest BCUT2D eigenvalue weighted by molar-refractivity contribution is 6.33. The molecule has 1 N–H and O–H groups in total. The van der Waals surface area contributed by atoms with Gasteiger partial charge in [-0.25, -0.2) is 5.43 Å². The standard InChI is InChI=1S/C15H17ClN2O2/c16-14-9-5-4-6-12(14)10-17-18-15(19)11-20-13-7-2-1-3-8-13/h4-7,9-10H,1-3,8,11H2,(H,18,19)/b17-10+. The number of ether oxygens (including phenoxy) is 1. The van der Waals surface area contributed by atoms with Crippen LogP contribution < -0.4 is 5.43 Å². The van der Waals surface area contributed by atoms with Crippen molar-refractivity contribution in [1.82, 2.24) is 5.43 Å². The summed E-state index contributed by atoms with van der Waals surface area (Å²) >= 11 is 5.97. The lowest BCUT2D eigenvalue weighted by atomic mass is 10.1. The number of amides is 1. The van der Waals surface area contributed by atoms with Crippen LogP contribution in [0.3, 0.4) is 0 Å².